The summed E-state index contributed by atoms with van der Waals surface area (Å²) in [6.45, 7) is 0.603. The van der Waals surface area contributed by atoms with E-state index in [1.54, 1.807) is 12.1 Å². The smallest absolute Gasteiger partial charge is 0.409 e. The lowest BCUT2D eigenvalue weighted by Gasteiger charge is -2.02. The van der Waals surface area contributed by atoms with E-state index in [1.807, 2.05) is 12.1 Å². The standard InChI is InChI=1S/C9H12N2O2/c10-6-5-7-1-3-8(4-2-7)11-9(12)13/h1-4,11H,5-6,10H2,(H,12,13). The number of benzene rings is 1. The van der Waals surface area contributed by atoms with Crippen LogP contribution >= 0.6 is 0 Å². The van der Waals surface area contributed by atoms with Gasteiger partial charge in [0.05, 0.1) is 0 Å². The maximum absolute atomic E-state index is 10.2. The average molecular weight is 180 g/mol. The fraction of sp³-hybridized carbons (Fsp3) is 0.222. The summed E-state index contributed by atoms with van der Waals surface area (Å²) in [5.41, 5.74) is 7.06. The van der Waals surface area contributed by atoms with Gasteiger partial charge in [-0.2, -0.15) is 0 Å². The van der Waals surface area contributed by atoms with Gasteiger partial charge < -0.3 is 10.8 Å². The van der Waals surface area contributed by atoms with Gasteiger partial charge in [-0.25, -0.2) is 4.79 Å². The van der Waals surface area contributed by atoms with Crippen molar-refractivity contribution in [2.75, 3.05) is 11.9 Å². The molecular formula is C9H12N2O2. The monoisotopic (exact) mass is 180 g/mol. The first-order valence-electron chi connectivity index (χ1n) is 4.01. The summed E-state index contributed by atoms with van der Waals surface area (Å²) in [6, 6.07) is 7.16. The van der Waals surface area contributed by atoms with E-state index in [9.17, 15) is 4.79 Å². The Balaban J connectivity index is 2.64. The van der Waals surface area contributed by atoms with Crippen LogP contribution in [-0.4, -0.2) is 17.7 Å². The number of anilines is 1. The Morgan fingerprint density at radius 3 is 2.46 bits per heavy atom. The van der Waals surface area contributed by atoms with Crippen molar-refractivity contribution in [2.45, 2.75) is 6.42 Å². The molecule has 1 amide bonds. The molecule has 1 aromatic rings. The van der Waals surface area contributed by atoms with Crippen LogP contribution in [0.25, 0.3) is 0 Å². The normalized spacial score (nSPS) is 9.62. The molecule has 0 unspecified atom stereocenters. The van der Waals surface area contributed by atoms with Gasteiger partial charge in [-0.3, -0.25) is 5.32 Å². The quantitative estimate of drug-likeness (QED) is 0.655. The summed E-state index contributed by atoms with van der Waals surface area (Å²) in [5.74, 6) is 0. The third-order valence-corrected chi connectivity index (χ3v) is 1.64. The van der Waals surface area contributed by atoms with E-state index in [-0.39, 0.29) is 0 Å². The molecule has 0 aromatic heterocycles. The largest absolute Gasteiger partial charge is 0.465 e. The van der Waals surface area contributed by atoms with Gasteiger partial charge in [0.1, 0.15) is 0 Å². The van der Waals surface area contributed by atoms with Crippen molar-refractivity contribution in [1.29, 1.82) is 0 Å². The van der Waals surface area contributed by atoms with E-state index in [0.29, 0.717) is 12.2 Å². The van der Waals surface area contributed by atoms with Crippen LogP contribution in [0.3, 0.4) is 0 Å². The molecule has 0 aliphatic rings. The molecule has 0 atom stereocenters. The number of hydrogen-bond acceptors (Lipinski definition) is 2. The van der Waals surface area contributed by atoms with E-state index < -0.39 is 6.09 Å². The second-order valence-electron chi connectivity index (χ2n) is 2.67. The number of carbonyl (C=O) groups is 1. The zero-order valence-corrected chi connectivity index (χ0v) is 7.16. The SMILES string of the molecule is NCCc1ccc(NC(=O)O)cc1. The summed E-state index contributed by atoms with van der Waals surface area (Å²) in [7, 11) is 0. The van der Waals surface area contributed by atoms with Crippen LogP contribution in [-0.2, 0) is 6.42 Å². The number of carboxylic acid groups (broad SMARTS) is 1. The van der Waals surface area contributed by atoms with Gasteiger partial charge in [-0.15, -0.1) is 0 Å². The molecule has 0 spiro atoms. The first kappa shape index (κ1) is 9.54. The molecule has 4 heteroatoms. The molecule has 0 fully saturated rings. The van der Waals surface area contributed by atoms with Gasteiger partial charge in [-0.1, -0.05) is 12.1 Å². The lowest BCUT2D eigenvalue weighted by Crippen LogP contribution is -2.07. The third-order valence-electron chi connectivity index (χ3n) is 1.64. The molecule has 70 valence electrons. The highest BCUT2D eigenvalue weighted by Crippen LogP contribution is 2.09. The van der Waals surface area contributed by atoms with Gasteiger partial charge in [0.2, 0.25) is 0 Å². The predicted molar refractivity (Wildman–Crippen MR) is 50.8 cm³/mol. The molecule has 0 aliphatic carbocycles. The van der Waals surface area contributed by atoms with Crippen LogP contribution in [0.5, 0.6) is 0 Å². The van der Waals surface area contributed by atoms with Crippen LogP contribution in [0, 0.1) is 0 Å². The number of nitrogens with two attached hydrogens (primary N) is 1. The fourth-order valence-electron chi connectivity index (χ4n) is 1.04. The molecule has 4 N–H and O–H groups in total. The van der Waals surface area contributed by atoms with Crippen molar-refractivity contribution in [3.05, 3.63) is 29.8 Å². The molecule has 0 radical (unpaired) electrons. The highest BCUT2D eigenvalue weighted by atomic mass is 16.4. The summed E-state index contributed by atoms with van der Waals surface area (Å²) in [4.78, 5) is 10.2. The number of amides is 1. The van der Waals surface area contributed by atoms with Crippen LogP contribution in [0.15, 0.2) is 24.3 Å². The Morgan fingerprint density at radius 1 is 1.38 bits per heavy atom. The first-order chi connectivity index (χ1) is 6.22. The van der Waals surface area contributed by atoms with E-state index in [1.165, 1.54) is 0 Å². The van der Waals surface area contributed by atoms with Crippen molar-refractivity contribution in [2.24, 2.45) is 5.73 Å². The summed E-state index contributed by atoms with van der Waals surface area (Å²) < 4.78 is 0. The second-order valence-corrected chi connectivity index (χ2v) is 2.67. The minimum absolute atomic E-state index is 0.577. The molecule has 0 aliphatic heterocycles. The maximum Gasteiger partial charge on any atom is 0.409 e. The van der Waals surface area contributed by atoms with Crippen LogP contribution < -0.4 is 11.1 Å². The van der Waals surface area contributed by atoms with Crippen molar-refractivity contribution in [1.82, 2.24) is 0 Å². The first-order valence-corrected chi connectivity index (χ1v) is 4.01. The number of nitrogens with one attached hydrogen (secondary N) is 1. The minimum atomic E-state index is -1.05. The zero-order chi connectivity index (χ0) is 9.68. The molecule has 13 heavy (non-hydrogen) atoms. The Morgan fingerprint density at radius 2 is 2.00 bits per heavy atom. The Kier molecular flexibility index (Phi) is 3.28. The van der Waals surface area contributed by atoms with E-state index >= 15 is 0 Å². The molecule has 1 rings (SSSR count). The second kappa shape index (κ2) is 4.47. The lowest BCUT2D eigenvalue weighted by atomic mass is 10.1. The molecule has 4 nitrogen and oxygen atoms in total. The van der Waals surface area contributed by atoms with Gasteiger partial charge in [-0.05, 0) is 30.7 Å². The highest BCUT2D eigenvalue weighted by molar-refractivity contribution is 5.82. The van der Waals surface area contributed by atoms with E-state index in [2.05, 4.69) is 5.32 Å². The van der Waals surface area contributed by atoms with Crippen LogP contribution in [0.4, 0.5) is 10.5 Å². The van der Waals surface area contributed by atoms with Crippen molar-refractivity contribution < 1.29 is 9.90 Å². The lowest BCUT2D eigenvalue weighted by molar-refractivity contribution is 0.210. The van der Waals surface area contributed by atoms with Gasteiger partial charge in [0, 0.05) is 5.69 Å². The maximum atomic E-state index is 10.2. The minimum Gasteiger partial charge on any atom is -0.465 e. The molecular weight excluding hydrogens is 168 g/mol. The average Bonchev–Trinajstić information content (AvgIpc) is 2.08. The van der Waals surface area contributed by atoms with Crippen LogP contribution in [0.1, 0.15) is 5.56 Å². The molecule has 0 heterocycles. The van der Waals surface area contributed by atoms with Gasteiger partial charge >= 0.3 is 6.09 Å². The molecule has 0 saturated heterocycles. The summed E-state index contributed by atoms with van der Waals surface area (Å²) >= 11 is 0. The summed E-state index contributed by atoms with van der Waals surface area (Å²) in [5, 5.41) is 10.7. The number of rotatable bonds is 3. The molecule has 0 bridgehead atoms. The van der Waals surface area contributed by atoms with E-state index in [4.69, 9.17) is 10.8 Å². The third kappa shape index (κ3) is 3.13. The van der Waals surface area contributed by atoms with Crippen molar-refractivity contribution in [3.8, 4) is 0 Å². The van der Waals surface area contributed by atoms with Crippen LogP contribution in [0.2, 0.25) is 0 Å². The highest BCUT2D eigenvalue weighted by Gasteiger charge is 1.96. The Hall–Kier alpha value is -1.55. The fourth-order valence-corrected chi connectivity index (χ4v) is 1.04. The Bertz CT molecular complexity index is 282. The Labute approximate surface area is 76.4 Å². The van der Waals surface area contributed by atoms with Crippen molar-refractivity contribution in [3.63, 3.8) is 0 Å². The molecule has 1 aromatic carbocycles. The zero-order valence-electron chi connectivity index (χ0n) is 7.16. The topological polar surface area (TPSA) is 75.3 Å². The van der Waals surface area contributed by atoms with Gasteiger partial charge in [0.15, 0.2) is 0 Å². The van der Waals surface area contributed by atoms with Crippen molar-refractivity contribution >= 4 is 11.8 Å². The predicted octanol–water partition coefficient (Wildman–Crippen LogP) is 1.28. The number of hydrogen-bond donors (Lipinski definition) is 3. The van der Waals surface area contributed by atoms with Gasteiger partial charge in [0.25, 0.3) is 0 Å². The van der Waals surface area contributed by atoms with E-state index in [0.717, 1.165) is 12.0 Å². The summed E-state index contributed by atoms with van der Waals surface area (Å²) in [6.07, 6.45) is -0.237. The molecule has 0 saturated carbocycles.